The number of aliphatic imine (C=N–C) groups is 1. The number of hydrogen-bond donors (Lipinski definition) is 1. The van der Waals surface area contributed by atoms with Crippen molar-refractivity contribution in [2.45, 2.75) is 25.1 Å². The molecule has 2 aromatic heterocycles. The summed E-state index contributed by atoms with van der Waals surface area (Å²) in [6.07, 6.45) is -9.14. The highest BCUT2D eigenvalue weighted by atomic mass is 35.5. The highest BCUT2D eigenvalue weighted by Gasteiger charge is 2.31. The average molecular weight is 810 g/mol. The molecule has 20 heteroatoms. The van der Waals surface area contributed by atoms with Crippen LogP contribution in [0.25, 0.3) is 34.2 Å². The Morgan fingerprint density at radius 2 is 1.02 bits per heavy atom. The fraction of sp³-hybridized carbons (Fsp3) is 0.171. The number of ether oxygens (including phenoxy) is 2. The predicted molar refractivity (Wildman–Crippen MR) is 184 cm³/mol. The van der Waals surface area contributed by atoms with E-state index >= 15 is 0 Å². The van der Waals surface area contributed by atoms with Crippen LogP contribution in [0.4, 0.5) is 35.1 Å². The molecule has 55 heavy (non-hydrogen) atoms. The minimum Gasteiger partial charge on any atom is -1.00 e. The van der Waals surface area contributed by atoms with Crippen molar-refractivity contribution in [1.82, 2.24) is 29.5 Å². The quantitative estimate of drug-likeness (QED) is 0.1000. The van der Waals surface area contributed by atoms with Gasteiger partial charge in [-0.15, -0.1) is 36.5 Å². The molecule has 0 spiro atoms. The molecule has 0 amide bonds. The first-order valence-electron chi connectivity index (χ1n) is 15.5. The lowest BCUT2D eigenvalue weighted by Crippen LogP contribution is -3.00. The molecule has 0 radical (unpaired) electrons. The molecule has 2 unspecified atom stereocenters. The number of halogens is 9. The molecule has 2 N–H and O–H groups in total. The van der Waals surface area contributed by atoms with Gasteiger partial charge in [0.1, 0.15) is 36.5 Å². The minimum absolute atomic E-state index is 0. The first kappa shape index (κ1) is 42.0. The lowest BCUT2D eigenvalue weighted by atomic mass is 10.1. The summed E-state index contributed by atoms with van der Waals surface area (Å²) in [6.45, 7) is -0.190. The Hall–Kier alpha value is -5.75. The molecule has 0 saturated carbocycles. The number of isothiocyanates is 1. The average Bonchev–Trinajstić information content (AvgIpc) is 3.85. The molecule has 0 aliphatic carbocycles. The second-order valence-corrected chi connectivity index (χ2v) is 11.1. The van der Waals surface area contributed by atoms with E-state index in [-0.39, 0.29) is 37.0 Å². The first-order chi connectivity index (χ1) is 25.7. The van der Waals surface area contributed by atoms with E-state index in [1.54, 1.807) is 48.5 Å². The summed E-state index contributed by atoms with van der Waals surface area (Å²) >= 11 is 4.42. The van der Waals surface area contributed by atoms with Gasteiger partial charge < -0.3 is 27.6 Å². The van der Waals surface area contributed by atoms with Crippen molar-refractivity contribution in [2.24, 2.45) is 10.7 Å². The molecule has 6 rings (SSSR count). The highest BCUT2D eigenvalue weighted by molar-refractivity contribution is 7.78. The van der Waals surface area contributed by atoms with Gasteiger partial charge in [-0.05, 0) is 71.9 Å². The third-order valence-corrected chi connectivity index (χ3v) is 7.37. The van der Waals surface area contributed by atoms with Crippen molar-refractivity contribution in [3.63, 3.8) is 0 Å². The largest absolute Gasteiger partial charge is 1.00 e. The minimum atomic E-state index is -4.75. The predicted octanol–water partition coefficient (Wildman–Crippen LogP) is 5.75. The number of alkyl halides is 8. The van der Waals surface area contributed by atoms with Crippen LogP contribution in [0.2, 0.25) is 0 Å². The summed E-state index contributed by atoms with van der Waals surface area (Å²) in [7, 11) is 0. The molecule has 0 saturated heterocycles. The smallest absolute Gasteiger partial charge is 0.573 e. The van der Waals surface area contributed by atoms with Crippen LogP contribution in [-0.2, 0) is 0 Å². The molecule has 10 nitrogen and oxygen atoms in total. The number of aromatic nitrogens is 6. The Bertz CT molecular complexity index is 2160. The van der Waals surface area contributed by atoms with Crippen LogP contribution in [0.15, 0.2) is 115 Å². The zero-order chi connectivity index (χ0) is 38.9. The van der Waals surface area contributed by atoms with E-state index in [1.165, 1.54) is 70.5 Å². The van der Waals surface area contributed by atoms with Gasteiger partial charge in [0, 0.05) is 17.7 Å². The third kappa shape index (κ3) is 12.1. The number of benzene rings is 4. The van der Waals surface area contributed by atoms with Gasteiger partial charge >= 0.3 is 12.7 Å². The van der Waals surface area contributed by atoms with Crippen molar-refractivity contribution in [1.29, 1.82) is 0 Å². The van der Waals surface area contributed by atoms with Crippen LogP contribution in [-0.4, -0.2) is 60.5 Å². The summed E-state index contributed by atoms with van der Waals surface area (Å²) in [6, 6.07) is 23.6. The maximum Gasteiger partial charge on any atom is 0.573 e. The highest BCUT2D eigenvalue weighted by Crippen LogP contribution is 2.27. The molecule has 0 bridgehead atoms. The van der Waals surface area contributed by atoms with Crippen molar-refractivity contribution in [3.05, 3.63) is 121 Å². The Kier molecular flexibility index (Phi) is 14.1. The number of nitrogens with two attached hydrogens (primary N) is 1. The summed E-state index contributed by atoms with van der Waals surface area (Å²) in [5.74, 6) is 0.133. The van der Waals surface area contributed by atoms with E-state index in [1.807, 2.05) is 0 Å². The van der Waals surface area contributed by atoms with Crippen molar-refractivity contribution in [3.8, 4) is 45.6 Å². The van der Waals surface area contributed by atoms with Crippen LogP contribution >= 0.6 is 12.2 Å². The zero-order valence-electron chi connectivity index (χ0n) is 27.8. The second kappa shape index (κ2) is 18.5. The molecule has 0 fully saturated rings. The van der Waals surface area contributed by atoms with Crippen molar-refractivity contribution < 1.29 is 57.0 Å². The van der Waals surface area contributed by atoms with E-state index < -0.39 is 25.1 Å². The lowest BCUT2D eigenvalue weighted by Gasteiger charge is -2.09. The van der Waals surface area contributed by atoms with Gasteiger partial charge in [-0.3, -0.25) is 0 Å². The van der Waals surface area contributed by atoms with Gasteiger partial charge in [-0.25, -0.2) is 33.1 Å². The third-order valence-electron chi connectivity index (χ3n) is 7.24. The van der Waals surface area contributed by atoms with Crippen LogP contribution in [0.3, 0.4) is 0 Å². The summed E-state index contributed by atoms with van der Waals surface area (Å²) < 4.78 is 111. The van der Waals surface area contributed by atoms with Crippen LogP contribution < -0.4 is 27.6 Å². The lowest BCUT2D eigenvalue weighted by molar-refractivity contribution is -0.275. The fourth-order valence-electron chi connectivity index (χ4n) is 4.68. The Morgan fingerprint density at radius 3 is 1.36 bits per heavy atom. The van der Waals surface area contributed by atoms with Gasteiger partial charge in [0.25, 0.3) is 0 Å². The second-order valence-electron chi connectivity index (χ2n) is 11.0. The Morgan fingerprint density at radius 1 is 0.636 bits per heavy atom. The normalized spacial score (nSPS) is 12.3. The Balaban J connectivity index is 0.000000241. The number of thiocarbonyl (C=S) groups is 1. The Labute approximate surface area is 318 Å². The first-order valence-corrected chi connectivity index (χ1v) is 15.9. The maximum absolute atomic E-state index is 13.9. The molecule has 2 atom stereocenters. The maximum atomic E-state index is 13.9. The molecule has 0 aliphatic rings. The monoisotopic (exact) mass is 809 g/mol. The van der Waals surface area contributed by atoms with E-state index in [0.29, 0.717) is 45.3 Å². The zero-order valence-corrected chi connectivity index (χ0v) is 29.4. The van der Waals surface area contributed by atoms with E-state index in [9.17, 15) is 35.1 Å². The molecule has 2 heterocycles. The van der Waals surface area contributed by atoms with Crippen molar-refractivity contribution in [2.75, 3.05) is 13.1 Å². The number of rotatable bonds is 11. The molecule has 6 aromatic rings. The molecule has 4 aromatic carbocycles. The van der Waals surface area contributed by atoms with E-state index in [0.717, 1.165) is 0 Å². The summed E-state index contributed by atoms with van der Waals surface area (Å²) in [5, 5.41) is 10.7. The summed E-state index contributed by atoms with van der Waals surface area (Å²) in [4.78, 5) is 11.9. The standard InChI is InChI=1S/C18H12F4N4OS.C17H14F4N4O.ClH/c19-16(9-23-11-28)12-1-3-13(4-2-12)17-24-10-26(25-17)14-5-7-15(8-6-14)27-18(20,21)22;18-15(9-22)11-1-3-12(4-2-11)16-23-10-25(24-16)13-5-7-14(8-6-13)26-17(19,20)21;/h1-8,10,16H,9H2;1-8,10,15H,9,22H2;1H/p-1. The fourth-order valence-corrected chi connectivity index (χ4v) is 4.76. The SMILES string of the molecule is FC(CN=C=S)c1ccc(-c2ncn(-c3ccc(OC(F)(F)F)cc3)n2)cc1.NCC(F)c1ccc(-c2ncn(-c3ccc(OC(F)(F)F)cc3)n2)cc1.[Cl-]. The number of hydrogen-bond acceptors (Lipinski definition) is 9. The van der Waals surface area contributed by atoms with Gasteiger partial charge in [0.15, 0.2) is 11.6 Å². The van der Waals surface area contributed by atoms with Crippen LogP contribution in [0, 0.1) is 0 Å². The molecular weight excluding hydrogens is 784 g/mol. The van der Waals surface area contributed by atoms with Gasteiger partial charge in [0.2, 0.25) is 0 Å². The molecule has 0 aliphatic heterocycles. The van der Waals surface area contributed by atoms with Gasteiger partial charge in [-0.1, -0.05) is 48.5 Å². The van der Waals surface area contributed by atoms with Crippen molar-refractivity contribution >= 4 is 17.4 Å². The summed E-state index contributed by atoms with van der Waals surface area (Å²) in [5.41, 5.74) is 8.56. The van der Waals surface area contributed by atoms with Gasteiger partial charge in [0.05, 0.1) is 23.1 Å². The van der Waals surface area contributed by atoms with Gasteiger partial charge in [-0.2, -0.15) is 0 Å². The molecule has 288 valence electrons. The number of nitrogens with zero attached hydrogens (tertiary/aromatic N) is 7. The van der Waals surface area contributed by atoms with E-state index in [2.05, 4.69) is 52.0 Å². The van der Waals surface area contributed by atoms with E-state index in [4.69, 9.17) is 5.73 Å². The van der Waals surface area contributed by atoms with Crippen LogP contribution in [0.5, 0.6) is 11.5 Å². The van der Waals surface area contributed by atoms with Crippen LogP contribution in [0.1, 0.15) is 23.5 Å². The molecular formula is C35H26ClF8N8O2S-. The topological polar surface area (TPSA) is 118 Å².